The minimum absolute atomic E-state index is 0.0325. The van der Waals surface area contributed by atoms with Gasteiger partial charge in [-0.25, -0.2) is 0 Å². The number of carbonyl (C=O) groups is 1. The van der Waals surface area contributed by atoms with Gasteiger partial charge in [0.05, 0.1) is 5.69 Å². The van der Waals surface area contributed by atoms with E-state index in [4.69, 9.17) is 0 Å². The van der Waals surface area contributed by atoms with Crippen molar-refractivity contribution in [1.82, 2.24) is 20.2 Å². The molecule has 1 saturated heterocycles. The van der Waals surface area contributed by atoms with Crippen molar-refractivity contribution in [3.05, 3.63) is 10.6 Å². The van der Waals surface area contributed by atoms with E-state index in [0.29, 0.717) is 10.9 Å². The molecule has 0 aliphatic carbocycles. The number of nitrogens with one attached hydrogen (secondary N) is 2. The Labute approximate surface area is 105 Å². The van der Waals surface area contributed by atoms with Crippen molar-refractivity contribution >= 4 is 17.4 Å². The lowest BCUT2D eigenvalue weighted by molar-refractivity contribution is 0.0955. The second-order valence-electron chi connectivity index (χ2n) is 4.24. The lowest BCUT2D eigenvalue weighted by atomic mass is 10.1. The van der Waals surface area contributed by atoms with E-state index < -0.39 is 0 Å². The summed E-state index contributed by atoms with van der Waals surface area (Å²) >= 11 is 1.18. The van der Waals surface area contributed by atoms with Crippen molar-refractivity contribution in [1.29, 1.82) is 0 Å². The summed E-state index contributed by atoms with van der Waals surface area (Å²) in [6.45, 7) is 3.81. The Bertz CT molecular complexity index is 373. The molecule has 1 aromatic rings. The molecule has 1 aliphatic heterocycles. The molecule has 0 unspecified atom stereocenters. The van der Waals surface area contributed by atoms with E-state index in [1.54, 1.807) is 0 Å². The van der Waals surface area contributed by atoms with E-state index in [1.807, 2.05) is 6.92 Å². The number of hydrogen-bond acceptors (Lipinski definition) is 5. The van der Waals surface area contributed by atoms with Crippen molar-refractivity contribution in [2.24, 2.45) is 0 Å². The molecule has 6 heteroatoms. The van der Waals surface area contributed by atoms with Crippen LogP contribution in [0.25, 0.3) is 0 Å². The molecular weight excluding hydrogens is 236 g/mol. The predicted octanol–water partition coefficient (Wildman–Crippen LogP) is 0.972. The van der Waals surface area contributed by atoms with Crippen LogP contribution in [-0.4, -0.2) is 34.6 Å². The topological polar surface area (TPSA) is 66.9 Å². The highest BCUT2D eigenvalue weighted by Gasteiger charge is 2.16. The van der Waals surface area contributed by atoms with Crippen LogP contribution in [0.3, 0.4) is 0 Å². The summed E-state index contributed by atoms with van der Waals surface area (Å²) in [6, 6.07) is 0.570. The van der Waals surface area contributed by atoms with Crippen molar-refractivity contribution in [3.63, 3.8) is 0 Å². The summed E-state index contributed by atoms with van der Waals surface area (Å²) in [7, 11) is 0. The van der Waals surface area contributed by atoms with Gasteiger partial charge in [-0.05, 0) is 43.8 Å². The molecule has 94 valence electrons. The number of hydrogen-bond donors (Lipinski definition) is 2. The van der Waals surface area contributed by atoms with Crippen molar-refractivity contribution < 1.29 is 4.79 Å². The highest BCUT2D eigenvalue weighted by atomic mass is 32.1. The molecule has 1 fully saturated rings. The zero-order valence-corrected chi connectivity index (χ0v) is 10.8. The second kappa shape index (κ2) is 6.07. The van der Waals surface area contributed by atoms with Crippen LogP contribution in [0.4, 0.5) is 0 Å². The second-order valence-corrected chi connectivity index (χ2v) is 4.99. The Hall–Kier alpha value is -1.01. The summed E-state index contributed by atoms with van der Waals surface area (Å²) in [4.78, 5) is 12.5. The molecule has 2 rings (SSSR count). The summed E-state index contributed by atoms with van der Waals surface area (Å²) in [5.74, 6) is -0.0325. The molecule has 1 aliphatic rings. The number of nitrogens with zero attached hydrogens (tertiary/aromatic N) is 2. The average Bonchev–Trinajstić information content (AvgIpc) is 2.99. The molecular formula is C11H18N4OS. The first-order valence-electron chi connectivity index (χ1n) is 6.14. The molecule has 0 saturated carbocycles. The highest BCUT2D eigenvalue weighted by molar-refractivity contribution is 7.08. The Kier molecular flexibility index (Phi) is 4.44. The Balaban J connectivity index is 1.77. The monoisotopic (exact) mass is 254 g/mol. The van der Waals surface area contributed by atoms with E-state index in [1.165, 1.54) is 24.4 Å². The van der Waals surface area contributed by atoms with Crippen molar-refractivity contribution in [2.45, 2.75) is 38.6 Å². The van der Waals surface area contributed by atoms with E-state index >= 15 is 0 Å². The third-order valence-electron chi connectivity index (χ3n) is 3.04. The van der Waals surface area contributed by atoms with Gasteiger partial charge in [0.25, 0.3) is 5.91 Å². The largest absolute Gasteiger partial charge is 0.351 e. The normalized spacial score (nSPS) is 19.5. The van der Waals surface area contributed by atoms with Crippen LogP contribution in [0.5, 0.6) is 0 Å². The lowest BCUT2D eigenvalue weighted by Crippen LogP contribution is -2.30. The van der Waals surface area contributed by atoms with Crippen LogP contribution in [0.2, 0.25) is 0 Å². The van der Waals surface area contributed by atoms with E-state index in [2.05, 4.69) is 20.2 Å². The standard InChI is InChI=1S/C11H18N4OS/c1-2-9-10(17-15-14-9)11(16)13-7-5-8-4-3-6-12-8/h8,12H,2-7H2,1H3,(H,13,16)/t8-/m0/s1. The fraction of sp³-hybridized carbons (Fsp3) is 0.727. The van der Waals surface area contributed by atoms with Gasteiger partial charge in [-0.15, -0.1) is 5.10 Å². The van der Waals surface area contributed by atoms with Gasteiger partial charge in [-0.1, -0.05) is 11.4 Å². The summed E-state index contributed by atoms with van der Waals surface area (Å²) in [6.07, 6.45) is 4.22. The van der Waals surface area contributed by atoms with Gasteiger partial charge >= 0.3 is 0 Å². The molecule has 1 aromatic heterocycles. The number of aromatic nitrogens is 2. The van der Waals surface area contributed by atoms with Gasteiger partial charge in [-0.3, -0.25) is 4.79 Å². The smallest absolute Gasteiger partial charge is 0.264 e. The SMILES string of the molecule is CCc1nnsc1C(=O)NCC[C@@H]1CCCN1. The summed E-state index contributed by atoms with van der Waals surface area (Å²) in [5, 5.41) is 10.3. The lowest BCUT2D eigenvalue weighted by Gasteiger charge is -2.10. The quantitative estimate of drug-likeness (QED) is 0.822. The molecule has 2 N–H and O–H groups in total. The number of carbonyl (C=O) groups excluding carboxylic acids is 1. The molecule has 0 radical (unpaired) electrons. The minimum Gasteiger partial charge on any atom is -0.351 e. The van der Waals surface area contributed by atoms with E-state index in [0.717, 1.165) is 31.6 Å². The van der Waals surface area contributed by atoms with E-state index in [-0.39, 0.29) is 5.91 Å². The van der Waals surface area contributed by atoms with Gasteiger partial charge in [-0.2, -0.15) is 0 Å². The fourth-order valence-electron chi connectivity index (χ4n) is 2.06. The molecule has 0 spiro atoms. The first-order chi connectivity index (χ1) is 8.31. The van der Waals surface area contributed by atoms with Gasteiger partial charge in [0.1, 0.15) is 4.88 Å². The molecule has 1 atom stereocenters. The maximum Gasteiger partial charge on any atom is 0.264 e. The zero-order valence-electron chi connectivity index (χ0n) is 10.0. The number of amides is 1. The minimum atomic E-state index is -0.0325. The Morgan fingerprint density at radius 1 is 1.65 bits per heavy atom. The van der Waals surface area contributed by atoms with Crippen LogP contribution in [0.15, 0.2) is 0 Å². The van der Waals surface area contributed by atoms with Crippen molar-refractivity contribution in [3.8, 4) is 0 Å². The van der Waals surface area contributed by atoms with Gasteiger partial charge in [0.2, 0.25) is 0 Å². The van der Waals surface area contributed by atoms with E-state index in [9.17, 15) is 4.79 Å². The van der Waals surface area contributed by atoms with Crippen LogP contribution in [-0.2, 0) is 6.42 Å². The van der Waals surface area contributed by atoms with Gasteiger partial charge in [0, 0.05) is 12.6 Å². The maximum atomic E-state index is 11.9. The van der Waals surface area contributed by atoms with Gasteiger partial charge in [0.15, 0.2) is 0 Å². The zero-order chi connectivity index (χ0) is 12.1. The van der Waals surface area contributed by atoms with Crippen LogP contribution < -0.4 is 10.6 Å². The molecule has 5 nitrogen and oxygen atoms in total. The van der Waals surface area contributed by atoms with Crippen LogP contribution in [0.1, 0.15) is 41.6 Å². The highest BCUT2D eigenvalue weighted by Crippen LogP contribution is 2.11. The number of rotatable bonds is 5. The van der Waals surface area contributed by atoms with Crippen LogP contribution >= 0.6 is 11.5 Å². The Morgan fingerprint density at radius 3 is 3.24 bits per heavy atom. The average molecular weight is 254 g/mol. The summed E-state index contributed by atoms with van der Waals surface area (Å²) in [5.41, 5.74) is 0.798. The molecule has 17 heavy (non-hydrogen) atoms. The Morgan fingerprint density at radius 2 is 2.53 bits per heavy atom. The van der Waals surface area contributed by atoms with Gasteiger partial charge < -0.3 is 10.6 Å². The molecule has 1 amide bonds. The first-order valence-corrected chi connectivity index (χ1v) is 6.91. The predicted molar refractivity (Wildman–Crippen MR) is 67.3 cm³/mol. The third-order valence-corrected chi connectivity index (χ3v) is 3.80. The number of aryl methyl sites for hydroxylation is 1. The molecule has 2 heterocycles. The summed E-state index contributed by atoms with van der Waals surface area (Å²) < 4.78 is 3.82. The van der Waals surface area contributed by atoms with Crippen molar-refractivity contribution in [2.75, 3.05) is 13.1 Å². The maximum absolute atomic E-state index is 11.9. The first kappa shape index (κ1) is 12.4. The molecule has 0 aromatic carbocycles. The third kappa shape index (κ3) is 3.23. The fourth-order valence-corrected chi connectivity index (χ4v) is 2.72. The van der Waals surface area contributed by atoms with Crippen LogP contribution in [0, 0.1) is 0 Å². The molecule has 0 bridgehead atoms.